The number of piperidine rings is 1. The monoisotopic (exact) mass is 401 g/mol. The lowest BCUT2D eigenvalue weighted by atomic mass is 9.75. The number of carbonyl (C=O) groups excluding carboxylic acids is 1. The predicted octanol–water partition coefficient (Wildman–Crippen LogP) is 3.82. The van der Waals surface area contributed by atoms with Crippen molar-refractivity contribution in [3.8, 4) is 5.75 Å². The van der Waals surface area contributed by atoms with Crippen LogP contribution in [0.15, 0.2) is 40.8 Å². The molecule has 6 heteroatoms. The molecule has 158 valence electrons. The van der Waals surface area contributed by atoms with Crippen LogP contribution in [0.5, 0.6) is 5.75 Å². The minimum absolute atomic E-state index is 0.118. The van der Waals surface area contributed by atoms with Gasteiger partial charge in [-0.2, -0.15) is 0 Å². The molecule has 0 spiro atoms. The molecule has 1 atom stereocenters. The van der Waals surface area contributed by atoms with E-state index >= 15 is 0 Å². The van der Waals surface area contributed by atoms with Crippen molar-refractivity contribution in [3.63, 3.8) is 0 Å². The second-order valence-electron chi connectivity index (χ2n) is 7.64. The first-order valence-electron chi connectivity index (χ1n) is 10.2. The Morgan fingerprint density at radius 3 is 2.79 bits per heavy atom. The fraction of sp³-hybridized carbons (Fsp3) is 0.522. The van der Waals surface area contributed by atoms with Crippen LogP contribution in [0.25, 0.3) is 0 Å². The molecule has 1 saturated heterocycles. The zero-order valence-electron chi connectivity index (χ0n) is 17.6. The first kappa shape index (κ1) is 21.4. The molecule has 1 aromatic carbocycles. The maximum absolute atomic E-state index is 13.0. The molecule has 0 N–H and O–H groups in total. The zero-order valence-corrected chi connectivity index (χ0v) is 17.6. The van der Waals surface area contributed by atoms with Gasteiger partial charge < -0.3 is 18.6 Å². The average molecular weight is 402 g/mol. The van der Waals surface area contributed by atoms with E-state index in [2.05, 4.69) is 4.90 Å². The summed E-state index contributed by atoms with van der Waals surface area (Å²) in [7, 11) is 3.31. The predicted molar refractivity (Wildman–Crippen MR) is 110 cm³/mol. The minimum atomic E-state index is -0.567. The molecular weight excluding hydrogens is 370 g/mol. The van der Waals surface area contributed by atoms with Crippen molar-refractivity contribution in [2.75, 3.05) is 33.9 Å². The van der Waals surface area contributed by atoms with E-state index in [4.69, 9.17) is 18.6 Å². The van der Waals surface area contributed by atoms with Gasteiger partial charge in [0.15, 0.2) is 0 Å². The van der Waals surface area contributed by atoms with Gasteiger partial charge in [-0.05, 0) is 62.6 Å². The lowest BCUT2D eigenvalue weighted by Crippen LogP contribution is -2.49. The van der Waals surface area contributed by atoms with Gasteiger partial charge in [-0.1, -0.05) is 12.1 Å². The molecule has 1 aliphatic heterocycles. The number of nitrogens with zero attached hydrogens (tertiary/aromatic N) is 1. The van der Waals surface area contributed by atoms with Gasteiger partial charge in [-0.25, -0.2) is 0 Å². The van der Waals surface area contributed by atoms with Gasteiger partial charge in [0.2, 0.25) is 0 Å². The Bertz CT molecular complexity index is 802. The van der Waals surface area contributed by atoms with Gasteiger partial charge in [0.05, 0.1) is 25.7 Å². The lowest BCUT2D eigenvalue weighted by molar-refractivity contribution is -0.159. The Morgan fingerprint density at radius 2 is 2.03 bits per heavy atom. The summed E-state index contributed by atoms with van der Waals surface area (Å²) in [5, 5.41) is 0. The van der Waals surface area contributed by atoms with Gasteiger partial charge in [0, 0.05) is 13.7 Å². The molecule has 2 aromatic rings. The number of rotatable bonds is 9. The van der Waals surface area contributed by atoms with Crippen molar-refractivity contribution in [1.82, 2.24) is 4.90 Å². The van der Waals surface area contributed by atoms with E-state index < -0.39 is 5.41 Å². The normalized spacial score (nSPS) is 19.8. The second-order valence-corrected chi connectivity index (χ2v) is 7.64. The molecule has 3 rings (SSSR count). The van der Waals surface area contributed by atoms with E-state index in [-0.39, 0.29) is 5.97 Å². The fourth-order valence-electron chi connectivity index (χ4n) is 4.15. The largest absolute Gasteiger partial charge is 0.497 e. The Labute approximate surface area is 172 Å². The smallest absolute Gasteiger partial charge is 0.313 e. The first-order chi connectivity index (χ1) is 14.1. The van der Waals surface area contributed by atoms with Crippen LogP contribution in [-0.4, -0.2) is 44.8 Å². The van der Waals surface area contributed by atoms with Crippen molar-refractivity contribution in [1.29, 1.82) is 0 Å². The molecule has 29 heavy (non-hydrogen) atoms. The number of hydrogen-bond donors (Lipinski definition) is 0. The molecule has 1 aromatic heterocycles. The van der Waals surface area contributed by atoms with Crippen molar-refractivity contribution < 1.29 is 23.4 Å². The summed E-state index contributed by atoms with van der Waals surface area (Å²) in [5.41, 5.74) is 0.516. The number of esters is 1. The van der Waals surface area contributed by atoms with E-state index in [1.807, 2.05) is 43.3 Å². The highest BCUT2D eigenvalue weighted by Crippen LogP contribution is 2.36. The molecule has 1 unspecified atom stereocenters. The van der Waals surface area contributed by atoms with Crippen LogP contribution in [0, 0.1) is 5.41 Å². The molecule has 1 fully saturated rings. The van der Waals surface area contributed by atoms with Crippen molar-refractivity contribution >= 4 is 5.97 Å². The van der Waals surface area contributed by atoms with Crippen LogP contribution in [-0.2, 0) is 33.8 Å². The molecular formula is C23H31NO5. The van der Waals surface area contributed by atoms with Gasteiger partial charge in [0.1, 0.15) is 23.9 Å². The standard InChI is InChI=1S/C23H31NO5/c1-4-28-22(25)23(14-18-7-5-8-19(13-18)27-3)11-6-12-24(17-23)15-20-9-10-21(29-20)16-26-2/h5,7-10,13H,4,6,11-12,14-17H2,1-3H3. The maximum atomic E-state index is 13.0. The summed E-state index contributed by atoms with van der Waals surface area (Å²) in [4.78, 5) is 15.3. The molecule has 2 heterocycles. The van der Waals surface area contributed by atoms with Gasteiger partial charge in [-0.15, -0.1) is 0 Å². The number of likely N-dealkylation sites (tertiary alicyclic amines) is 1. The van der Waals surface area contributed by atoms with Crippen molar-refractivity contribution in [2.45, 2.75) is 39.3 Å². The van der Waals surface area contributed by atoms with Crippen LogP contribution < -0.4 is 4.74 Å². The SMILES string of the molecule is CCOC(=O)C1(Cc2cccc(OC)c2)CCCN(Cc2ccc(COC)o2)C1. The topological polar surface area (TPSA) is 61.1 Å². The number of benzene rings is 1. The van der Waals surface area contributed by atoms with Crippen LogP contribution in [0.4, 0.5) is 0 Å². The Kier molecular flexibility index (Phi) is 7.34. The molecule has 0 aliphatic carbocycles. The van der Waals surface area contributed by atoms with Crippen LogP contribution in [0.1, 0.15) is 36.8 Å². The third kappa shape index (κ3) is 5.40. The first-order valence-corrected chi connectivity index (χ1v) is 10.2. The van der Waals surface area contributed by atoms with Crippen LogP contribution in [0.2, 0.25) is 0 Å². The zero-order chi connectivity index (χ0) is 20.7. The van der Waals surface area contributed by atoms with Crippen LogP contribution in [0.3, 0.4) is 0 Å². The molecule has 0 amide bonds. The van der Waals surface area contributed by atoms with Gasteiger partial charge in [-0.3, -0.25) is 9.69 Å². The number of furan rings is 1. The average Bonchev–Trinajstić information content (AvgIpc) is 3.15. The number of carbonyl (C=O) groups is 1. The number of methoxy groups -OCH3 is 2. The second kappa shape index (κ2) is 9.94. The van der Waals surface area contributed by atoms with Crippen molar-refractivity contribution in [2.24, 2.45) is 5.41 Å². The number of hydrogen-bond acceptors (Lipinski definition) is 6. The summed E-state index contributed by atoms with van der Waals surface area (Å²) in [6, 6.07) is 11.9. The highest BCUT2D eigenvalue weighted by atomic mass is 16.5. The van der Waals surface area contributed by atoms with Crippen molar-refractivity contribution in [3.05, 3.63) is 53.5 Å². The third-order valence-electron chi connectivity index (χ3n) is 5.42. The Morgan fingerprint density at radius 1 is 1.21 bits per heavy atom. The van der Waals surface area contributed by atoms with Crippen LogP contribution >= 0.6 is 0 Å². The fourth-order valence-corrected chi connectivity index (χ4v) is 4.15. The third-order valence-corrected chi connectivity index (χ3v) is 5.42. The molecule has 0 saturated carbocycles. The molecule has 6 nitrogen and oxygen atoms in total. The summed E-state index contributed by atoms with van der Waals surface area (Å²) in [5.74, 6) is 2.38. The number of ether oxygens (including phenoxy) is 3. The summed E-state index contributed by atoms with van der Waals surface area (Å²) in [6.07, 6.45) is 2.38. The van der Waals surface area contributed by atoms with E-state index in [0.29, 0.717) is 32.7 Å². The maximum Gasteiger partial charge on any atom is 0.313 e. The highest BCUT2D eigenvalue weighted by Gasteiger charge is 2.43. The van der Waals surface area contributed by atoms with Gasteiger partial charge >= 0.3 is 5.97 Å². The lowest BCUT2D eigenvalue weighted by Gasteiger charge is -2.41. The highest BCUT2D eigenvalue weighted by molar-refractivity contribution is 5.78. The van der Waals surface area contributed by atoms with E-state index in [0.717, 1.165) is 42.2 Å². The van der Waals surface area contributed by atoms with E-state index in [1.165, 1.54) is 0 Å². The van der Waals surface area contributed by atoms with E-state index in [9.17, 15) is 4.79 Å². The summed E-state index contributed by atoms with van der Waals surface area (Å²) in [6.45, 7) is 4.95. The Hall–Kier alpha value is -2.31. The quantitative estimate of drug-likeness (QED) is 0.595. The molecule has 0 radical (unpaired) electrons. The summed E-state index contributed by atoms with van der Waals surface area (Å²) >= 11 is 0. The Balaban J connectivity index is 1.78. The minimum Gasteiger partial charge on any atom is -0.497 e. The molecule has 1 aliphatic rings. The van der Waals surface area contributed by atoms with E-state index in [1.54, 1.807) is 14.2 Å². The van der Waals surface area contributed by atoms with Gasteiger partial charge in [0.25, 0.3) is 0 Å². The molecule has 0 bridgehead atoms. The summed E-state index contributed by atoms with van der Waals surface area (Å²) < 4.78 is 21.9.